The van der Waals surface area contributed by atoms with E-state index in [4.69, 9.17) is 4.74 Å². The molecule has 178 valence electrons. The summed E-state index contributed by atoms with van der Waals surface area (Å²) >= 11 is 0. The van der Waals surface area contributed by atoms with Gasteiger partial charge in [0.25, 0.3) is 0 Å². The number of nitrogens with zero attached hydrogens (tertiary/aromatic N) is 1. The number of ketones is 1. The predicted octanol–water partition coefficient (Wildman–Crippen LogP) is 7.57. The Kier molecular flexibility index (Phi) is 16.0. The number of esters is 1. The molecule has 1 aromatic rings. The summed E-state index contributed by atoms with van der Waals surface area (Å²) in [7, 11) is 1.87. The molecule has 0 aliphatic heterocycles. The Labute approximate surface area is 191 Å². The van der Waals surface area contributed by atoms with Gasteiger partial charge in [0.15, 0.2) is 5.78 Å². The summed E-state index contributed by atoms with van der Waals surface area (Å²) in [5.74, 6) is -0.0643. The second-order valence-electron chi connectivity index (χ2n) is 8.94. The molecular formula is C27H47NO3. The number of aryl methyl sites for hydroxylation is 1. The standard InChI is InChI=1S/C27H47NO3/c1-4-6-7-8-9-10-11-12-13-14-15-16-17-18-19-20-26(29)24-21-25(28(3)23-24)22-27(30)31-5-2/h21,23H,4-20,22H2,1-3H3. The van der Waals surface area contributed by atoms with Crippen LogP contribution in [0.3, 0.4) is 0 Å². The lowest BCUT2D eigenvalue weighted by atomic mass is 10.0. The Morgan fingerprint density at radius 3 is 1.74 bits per heavy atom. The molecule has 1 heterocycles. The van der Waals surface area contributed by atoms with E-state index in [-0.39, 0.29) is 18.2 Å². The minimum Gasteiger partial charge on any atom is -0.466 e. The van der Waals surface area contributed by atoms with Crippen molar-refractivity contribution in [1.82, 2.24) is 4.57 Å². The van der Waals surface area contributed by atoms with Crippen LogP contribution >= 0.6 is 0 Å². The van der Waals surface area contributed by atoms with Crippen molar-refractivity contribution in [2.75, 3.05) is 6.61 Å². The van der Waals surface area contributed by atoms with Gasteiger partial charge in [0.1, 0.15) is 0 Å². The van der Waals surface area contributed by atoms with Crippen molar-refractivity contribution in [1.29, 1.82) is 0 Å². The Morgan fingerprint density at radius 2 is 1.26 bits per heavy atom. The van der Waals surface area contributed by atoms with Gasteiger partial charge in [0.05, 0.1) is 13.0 Å². The van der Waals surface area contributed by atoms with E-state index >= 15 is 0 Å². The average Bonchev–Trinajstić information content (AvgIpc) is 3.11. The van der Waals surface area contributed by atoms with E-state index in [1.165, 1.54) is 83.5 Å². The van der Waals surface area contributed by atoms with E-state index in [2.05, 4.69) is 6.92 Å². The van der Waals surface area contributed by atoms with Gasteiger partial charge in [-0.2, -0.15) is 0 Å². The molecule has 0 bridgehead atoms. The molecule has 0 N–H and O–H groups in total. The summed E-state index contributed by atoms with van der Waals surface area (Å²) in [5, 5.41) is 0. The van der Waals surface area contributed by atoms with Gasteiger partial charge in [-0.1, -0.05) is 96.8 Å². The SMILES string of the molecule is CCCCCCCCCCCCCCCCCC(=O)c1cc(CC(=O)OCC)n(C)c1. The third kappa shape index (κ3) is 13.4. The molecule has 1 aromatic heterocycles. The van der Waals surface area contributed by atoms with Crippen molar-refractivity contribution in [3.05, 3.63) is 23.5 Å². The highest BCUT2D eigenvalue weighted by molar-refractivity contribution is 5.96. The highest BCUT2D eigenvalue weighted by atomic mass is 16.5. The lowest BCUT2D eigenvalue weighted by molar-refractivity contribution is -0.142. The Balaban J connectivity index is 2.00. The van der Waals surface area contributed by atoms with Gasteiger partial charge in [-0.15, -0.1) is 0 Å². The molecule has 0 spiro atoms. The molecule has 1 rings (SSSR count). The zero-order chi connectivity index (χ0) is 22.7. The fourth-order valence-electron chi connectivity index (χ4n) is 4.10. The first-order valence-corrected chi connectivity index (χ1v) is 12.9. The molecule has 0 aliphatic rings. The van der Waals surface area contributed by atoms with Crippen molar-refractivity contribution >= 4 is 11.8 Å². The minimum absolute atomic E-state index is 0.181. The largest absolute Gasteiger partial charge is 0.466 e. The second kappa shape index (κ2) is 18.0. The highest BCUT2D eigenvalue weighted by Crippen LogP contribution is 2.16. The van der Waals surface area contributed by atoms with Crippen LogP contribution in [0.15, 0.2) is 12.3 Å². The molecule has 4 nitrogen and oxygen atoms in total. The molecule has 0 aliphatic carbocycles. The lowest BCUT2D eigenvalue weighted by Gasteiger charge is -2.03. The molecule has 0 saturated carbocycles. The monoisotopic (exact) mass is 433 g/mol. The number of hydrogen-bond acceptors (Lipinski definition) is 3. The van der Waals surface area contributed by atoms with Crippen LogP contribution in [0, 0.1) is 0 Å². The third-order valence-electron chi connectivity index (χ3n) is 6.07. The Hall–Kier alpha value is -1.58. The van der Waals surface area contributed by atoms with E-state index in [1.54, 1.807) is 6.92 Å². The number of rotatable bonds is 20. The van der Waals surface area contributed by atoms with Crippen LogP contribution in [0.4, 0.5) is 0 Å². The average molecular weight is 434 g/mol. The molecule has 0 atom stereocenters. The van der Waals surface area contributed by atoms with Crippen LogP contribution in [0.5, 0.6) is 0 Å². The van der Waals surface area contributed by atoms with E-state index in [9.17, 15) is 9.59 Å². The third-order valence-corrected chi connectivity index (χ3v) is 6.07. The number of hydrogen-bond donors (Lipinski definition) is 0. The molecule has 0 radical (unpaired) electrons. The first-order valence-electron chi connectivity index (χ1n) is 12.9. The number of carbonyl (C=O) groups excluding carboxylic acids is 2. The van der Waals surface area contributed by atoms with Crippen molar-refractivity contribution in [3.63, 3.8) is 0 Å². The first kappa shape index (κ1) is 27.5. The van der Waals surface area contributed by atoms with E-state index in [0.29, 0.717) is 18.6 Å². The number of ether oxygens (including phenoxy) is 1. The Bertz CT molecular complexity index is 606. The van der Waals surface area contributed by atoms with E-state index < -0.39 is 0 Å². The number of Topliss-reactive ketones (excluding diaryl/α,β-unsaturated/α-hetero) is 1. The van der Waals surface area contributed by atoms with E-state index in [0.717, 1.165) is 18.5 Å². The van der Waals surface area contributed by atoms with Gasteiger partial charge < -0.3 is 9.30 Å². The minimum atomic E-state index is -0.245. The van der Waals surface area contributed by atoms with Gasteiger partial charge in [-0.05, 0) is 19.4 Å². The van der Waals surface area contributed by atoms with Gasteiger partial charge in [-0.3, -0.25) is 9.59 Å². The molecule has 31 heavy (non-hydrogen) atoms. The fourth-order valence-corrected chi connectivity index (χ4v) is 4.10. The van der Waals surface area contributed by atoms with Crippen LogP contribution in [-0.2, 0) is 23.0 Å². The molecule has 0 aromatic carbocycles. The van der Waals surface area contributed by atoms with Crippen molar-refractivity contribution in [2.24, 2.45) is 7.05 Å². The number of unbranched alkanes of at least 4 members (excludes halogenated alkanes) is 14. The van der Waals surface area contributed by atoms with Gasteiger partial charge in [0, 0.05) is 30.9 Å². The van der Waals surface area contributed by atoms with Gasteiger partial charge in [-0.25, -0.2) is 0 Å². The first-order chi connectivity index (χ1) is 15.1. The summed E-state index contributed by atoms with van der Waals surface area (Å²) < 4.78 is 6.85. The van der Waals surface area contributed by atoms with Crippen LogP contribution in [0.2, 0.25) is 0 Å². The van der Waals surface area contributed by atoms with Crippen LogP contribution in [0.25, 0.3) is 0 Å². The van der Waals surface area contributed by atoms with Crippen LogP contribution in [0.1, 0.15) is 133 Å². The van der Waals surface area contributed by atoms with E-state index in [1.807, 2.05) is 23.9 Å². The zero-order valence-corrected chi connectivity index (χ0v) is 20.6. The highest BCUT2D eigenvalue weighted by Gasteiger charge is 2.13. The molecule has 4 heteroatoms. The lowest BCUT2D eigenvalue weighted by Crippen LogP contribution is -2.09. The summed E-state index contributed by atoms with van der Waals surface area (Å²) in [6.45, 7) is 4.46. The normalized spacial score (nSPS) is 11.1. The summed E-state index contributed by atoms with van der Waals surface area (Å²) in [6, 6.07) is 1.84. The van der Waals surface area contributed by atoms with Crippen molar-refractivity contribution in [2.45, 2.75) is 123 Å². The quantitative estimate of drug-likeness (QED) is 0.121. The molecule has 0 unspecified atom stereocenters. The van der Waals surface area contributed by atoms with Crippen molar-refractivity contribution in [3.8, 4) is 0 Å². The van der Waals surface area contributed by atoms with Crippen LogP contribution in [-0.4, -0.2) is 22.9 Å². The second-order valence-corrected chi connectivity index (χ2v) is 8.94. The molecule has 0 amide bonds. The summed E-state index contributed by atoms with van der Waals surface area (Å²) in [5.41, 5.74) is 1.55. The maximum Gasteiger partial charge on any atom is 0.311 e. The fraction of sp³-hybridized carbons (Fsp3) is 0.778. The maximum absolute atomic E-state index is 12.4. The van der Waals surface area contributed by atoms with Gasteiger partial charge >= 0.3 is 5.97 Å². The summed E-state index contributed by atoms with van der Waals surface area (Å²) in [6.07, 6.45) is 22.6. The molecule has 0 saturated heterocycles. The smallest absolute Gasteiger partial charge is 0.311 e. The number of carbonyl (C=O) groups is 2. The topological polar surface area (TPSA) is 48.3 Å². The Morgan fingerprint density at radius 1 is 0.774 bits per heavy atom. The molecule has 0 fully saturated rings. The maximum atomic E-state index is 12.4. The number of aromatic nitrogens is 1. The predicted molar refractivity (Wildman–Crippen MR) is 130 cm³/mol. The summed E-state index contributed by atoms with van der Waals surface area (Å²) in [4.78, 5) is 24.1. The van der Waals surface area contributed by atoms with Gasteiger partial charge in [0.2, 0.25) is 0 Å². The molecular weight excluding hydrogens is 386 g/mol. The van der Waals surface area contributed by atoms with Crippen molar-refractivity contribution < 1.29 is 14.3 Å². The zero-order valence-electron chi connectivity index (χ0n) is 20.6. The van der Waals surface area contributed by atoms with Crippen LogP contribution < -0.4 is 0 Å².